The Balaban J connectivity index is 1.45. The predicted molar refractivity (Wildman–Crippen MR) is 199 cm³/mol. The molecule has 7 aromatic carbocycles. The van der Waals surface area contributed by atoms with Gasteiger partial charge < -0.3 is 4.57 Å². The molecule has 0 N–H and O–H groups in total. The minimum absolute atomic E-state index is 0.525. The fraction of sp³-hybridized carbons (Fsp3) is 0. The smallest absolute Gasteiger partial charge is 0.182 e. The molecule has 0 bridgehead atoms. The Morgan fingerprint density at radius 2 is 0.958 bits per heavy atom. The second-order valence-corrected chi connectivity index (χ2v) is 15.6. The quantitative estimate of drug-likeness (QED) is 0.141. The van der Waals surface area contributed by atoms with Crippen molar-refractivity contribution in [2.75, 3.05) is 0 Å². The second-order valence-electron chi connectivity index (χ2n) is 11.9. The van der Waals surface area contributed by atoms with Crippen molar-refractivity contribution in [2.24, 2.45) is 0 Å². The third-order valence-electron chi connectivity index (χ3n) is 9.43. The lowest BCUT2D eigenvalue weighted by Crippen LogP contribution is -2.76. The molecule has 3 nitrogen and oxygen atoms in total. The fourth-order valence-electron chi connectivity index (χ4n) is 7.45. The predicted octanol–water partition coefficient (Wildman–Crippen LogP) is 7.57. The third-order valence-corrected chi connectivity index (χ3v) is 14.3. The van der Waals surface area contributed by atoms with Gasteiger partial charge in [-0.3, -0.25) is 0 Å². The molecule has 0 radical (unpaired) electrons. The number of nitrogens with zero attached hydrogens (tertiary/aromatic N) is 3. The molecule has 0 saturated heterocycles. The Morgan fingerprint density at radius 1 is 0.458 bits per heavy atom. The van der Waals surface area contributed by atoms with Crippen LogP contribution in [0, 0.1) is 22.7 Å². The van der Waals surface area contributed by atoms with Gasteiger partial charge in [-0.15, -0.1) is 0 Å². The van der Waals surface area contributed by atoms with Crippen molar-refractivity contribution in [1.82, 2.24) is 4.57 Å². The molecular weight excluding hydrogens is 599 g/mol. The number of benzene rings is 7. The number of hydrogen-bond donors (Lipinski definition) is 0. The van der Waals surface area contributed by atoms with Crippen LogP contribution in [0.5, 0.6) is 0 Å². The molecule has 1 aromatic heterocycles. The molecule has 0 spiro atoms. The van der Waals surface area contributed by atoms with E-state index in [1.807, 2.05) is 30.3 Å². The summed E-state index contributed by atoms with van der Waals surface area (Å²) >= 11 is 0. The van der Waals surface area contributed by atoms with Crippen LogP contribution in [-0.2, 0) is 0 Å². The average Bonchev–Trinajstić information content (AvgIpc) is 3.51. The normalized spacial score (nSPS) is 11.3. The largest absolute Gasteiger partial charge is 0.309 e. The van der Waals surface area contributed by atoms with Crippen LogP contribution in [0.1, 0.15) is 11.1 Å². The molecule has 0 atom stereocenters. The Morgan fingerprint density at radius 3 is 1.46 bits per heavy atom. The highest BCUT2D eigenvalue weighted by Crippen LogP contribution is 2.34. The molecule has 8 aromatic rings. The standard InChI is InChI=1S/C44H29N3Si/c45-30-33-27-28-38(32-15-14-16-34(29-32)47-42-25-12-10-23-39(42)40-24-11-13-26-43(40)47)41(31-46)44(33)48(35-17-4-1-5-18-35,36-19-6-2-7-20-36)37-21-8-3-9-22-37/h1-29H. The maximum absolute atomic E-state index is 11.2. The molecule has 0 aliphatic heterocycles. The van der Waals surface area contributed by atoms with Crippen molar-refractivity contribution >= 4 is 50.6 Å². The molecule has 48 heavy (non-hydrogen) atoms. The zero-order valence-electron chi connectivity index (χ0n) is 26.1. The lowest BCUT2D eigenvalue weighted by atomic mass is 9.97. The van der Waals surface area contributed by atoms with E-state index in [1.54, 1.807) is 0 Å². The number of para-hydroxylation sites is 2. The summed E-state index contributed by atoms with van der Waals surface area (Å²) in [5.41, 5.74) is 6.06. The Bertz CT molecular complexity index is 2370. The maximum Gasteiger partial charge on any atom is 0.182 e. The molecule has 0 aliphatic rings. The van der Waals surface area contributed by atoms with Crippen molar-refractivity contribution in [1.29, 1.82) is 10.5 Å². The van der Waals surface area contributed by atoms with E-state index < -0.39 is 8.07 Å². The van der Waals surface area contributed by atoms with Gasteiger partial charge in [-0.2, -0.15) is 10.5 Å². The van der Waals surface area contributed by atoms with Gasteiger partial charge in [0.05, 0.1) is 34.3 Å². The minimum Gasteiger partial charge on any atom is -0.309 e. The van der Waals surface area contributed by atoms with Gasteiger partial charge >= 0.3 is 0 Å². The van der Waals surface area contributed by atoms with E-state index >= 15 is 0 Å². The van der Waals surface area contributed by atoms with E-state index in [1.165, 1.54) is 10.8 Å². The molecular formula is C44H29N3Si. The summed E-state index contributed by atoms with van der Waals surface area (Å²) < 4.78 is 2.29. The van der Waals surface area contributed by atoms with Crippen LogP contribution >= 0.6 is 0 Å². The number of aromatic nitrogens is 1. The summed E-state index contributed by atoms with van der Waals surface area (Å²) in [6, 6.07) is 65.7. The first-order valence-corrected chi connectivity index (χ1v) is 18.0. The Kier molecular flexibility index (Phi) is 7.27. The van der Waals surface area contributed by atoms with Crippen LogP contribution in [0.4, 0.5) is 0 Å². The lowest BCUT2D eigenvalue weighted by molar-refractivity contribution is 1.18. The molecule has 0 fully saturated rings. The highest BCUT2D eigenvalue weighted by molar-refractivity contribution is 7.20. The Labute approximate surface area is 280 Å². The summed E-state index contributed by atoms with van der Waals surface area (Å²) in [5, 5.41) is 28.5. The second kappa shape index (κ2) is 12.0. The van der Waals surface area contributed by atoms with Crippen LogP contribution in [0.3, 0.4) is 0 Å². The van der Waals surface area contributed by atoms with Crippen molar-refractivity contribution in [3.05, 3.63) is 187 Å². The zero-order valence-corrected chi connectivity index (χ0v) is 27.1. The van der Waals surface area contributed by atoms with Crippen LogP contribution < -0.4 is 20.7 Å². The SMILES string of the molecule is N#Cc1ccc(-c2cccc(-n3c4ccccc4c4ccccc43)c2)c(C#N)c1[Si](c1ccccc1)(c1ccccc1)c1ccccc1. The van der Waals surface area contributed by atoms with E-state index in [-0.39, 0.29) is 0 Å². The summed E-state index contributed by atoms with van der Waals surface area (Å²) in [4.78, 5) is 0. The number of hydrogen-bond acceptors (Lipinski definition) is 2. The maximum atomic E-state index is 11.2. The van der Waals surface area contributed by atoms with E-state index in [4.69, 9.17) is 0 Å². The van der Waals surface area contributed by atoms with E-state index in [0.717, 1.165) is 48.6 Å². The minimum atomic E-state index is -3.18. The van der Waals surface area contributed by atoms with Gasteiger partial charge in [0, 0.05) is 16.5 Å². The third kappa shape index (κ3) is 4.48. The van der Waals surface area contributed by atoms with Gasteiger partial charge in [0.1, 0.15) is 0 Å². The summed E-state index contributed by atoms with van der Waals surface area (Å²) in [5.74, 6) is 0. The molecule has 224 valence electrons. The van der Waals surface area contributed by atoms with Gasteiger partial charge in [0.15, 0.2) is 8.07 Å². The summed E-state index contributed by atoms with van der Waals surface area (Å²) in [6.07, 6.45) is 0. The van der Waals surface area contributed by atoms with Gasteiger partial charge in [-0.1, -0.05) is 146 Å². The van der Waals surface area contributed by atoms with E-state index in [0.29, 0.717) is 11.1 Å². The highest BCUT2D eigenvalue weighted by Gasteiger charge is 2.45. The molecule has 8 rings (SSSR count). The van der Waals surface area contributed by atoms with Crippen molar-refractivity contribution in [3.63, 3.8) is 0 Å². The number of rotatable bonds is 6. The van der Waals surface area contributed by atoms with Crippen LogP contribution in [0.2, 0.25) is 0 Å². The first kappa shape index (κ1) is 29.0. The summed E-state index contributed by atoms with van der Waals surface area (Å²) in [6.45, 7) is 0. The van der Waals surface area contributed by atoms with Crippen LogP contribution in [0.25, 0.3) is 38.6 Å². The van der Waals surface area contributed by atoms with Crippen molar-refractivity contribution < 1.29 is 0 Å². The van der Waals surface area contributed by atoms with Gasteiger partial charge in [0.25, 0.3) is 0 Å². The number of nitriles is 2. The molecule has 0 unspecified atom stereocenters. The van der Waals surface area contributed by atoms with E-state index in [2.05, 4.69) is 162 Å². The average molecular weight is 628 g/mol. The van der Waals surface area contributed by atoms with Gasteiger partial charge in [-0.25, -0.2) is 0 Å². The van der Waals surface area contributed by atoms with E-state index in [9.17, 15) is 10.5 Å². The Hall–Kier alpha value is -6.46. The molecule has 4 heteroatoms. The number of fused-ring (bicyclic) bond motifs is 3. The fourth-order valence-corrected chi connectivity index (χ4v) is 12.5. The monoisotopic (exact) mass is 627 g/mol. The van der Waals surface area contributed by atoms with Crippen LogP contribution in [0.15, 0.2) is 176 Å². The molecule has 0 aliphatic carbocycles. The first-order valence-electron chi connectivity index (χ1n) is 16.0. The van der Waals surface area contributed by atoms with Gasteiger partial charge in [-0.05, 0) is 62.2 Å². The van der Waals surface area contributed by atoms with Gasteiger partial charge in [0.2, 0.25) is 0 Å². The first-order chi connectivity index (χ1) is 23.8. The molecule has 1 heterocycles. The lowest BCUT2D eigenvalue weighted by Gasteiger charge is -2.36. The van der Waals surface area contributed by atoms with Crippen molar-refractivity contribution in [3.8, 4) is 29.0 Å². The summed E-state index contributed by atoms with van der Waals surface area (Å²) in [7, 11) is -3.18. The van der Waals surface area contributed by atoms with Crippen LogP contribution in [-0.4, -0.2) is 12.6 Å². The topological polar surface area (TPSA) is 52.5 Å². The van der Waals surface area contributed by atoms with Crippen molar-refractivity contribution in [2.45, 2.75) is 0 Å². The zero-order chi connectivity index (χ0) is 32.5. The highest BCUT2D eigenvalue weighted by atomic mass is 28.3. The molecule has 0 saturated carbocycles. The molecule has 0 amide bonds.